The number of hydrogen-bond acceptors (Lipinski definition) is 7. The Kier molecular flexibility index (Phi) is 9.90. The Balaban J connectivity index is 1.69. The maximum Gasteiger partial charge on any atom is 0.311 e. The normalized spacial score (nSPS) is 28.0. The third-order valence-electron chi connectivity index (χ3n) is 8.99. The van der Waals surface area contributed by atoms with E-state index in [0.717, 1.165) is 37.3 Å². The summed E-state index contributed by atoms with van der Waals surface area (Å²) in [5.74, 6) is -1.97. The quantitative estimate of drug-likeness (QED) is 0.186. The van der Waals surface area contributed by atoms with Gasteiger partial charge in [-0.1, -0.05) is 12.2 Å². The van der Waals surface area contributed by atoms with Crippen LogP contribution in [0.5, 0.6) is 0 Å². The molecule has 1 aromatic rings. The van der Waals surface area contributed by atoms with Crippen LogP contribution in [0.1, 0.15) is 52.9 Å². The molecule has 41 heavy (non-hydrogen) atoms. The maximum atomic E-state index is 14.6. The van der Waals surface area contributed by atoms with Gasteiger partial charge in [-0.15, -0.1) is 24.9 Å². The van der Waals surface area contributed by atoms with E-state index in [-0.39, 0.29) is 37.5 Å². The van der Waals surface area contributed by atoms with Gasteiger partial charge in [0, 0.05) is 48.9 Å². The third-order valence-corrected chi connectivity index (χ3v) is 11.0. The summed E-state index contributed by atoms with van der Waals surface area (Å²) in [7, 11) is 0. The van der Waals surface area contributed by atoms with E-state index < -0.39 is 27.4 Å². The second-order valence-electron chi connectivity index (χ2n) is 11.4. The number of hydrogen-bond donors (Lipinski definition) is 1. The molecule has 0 aromatic heterocycles. The SMILES string of the molecule is C=CCCCOC(=O)[C@@H]1[C@H]2C(=O)N(CCCO)C(C(=O)N(CC=C)c3ccc(N(CC)CC)cc3)C23CC[C@@]1(C)S3. The summed E-state index contributed by atoms with van der Waals surface area (Å²) < 4.78 is 4.48. The number of thioether (sulfide) groups is 1. The number of aliphatic hydroxyl groups excluding tert-OH is 1. The largest absolute Gasteiger partial charge is 0.465 e. The van der Waals surface area contributed by atoms with Crippen LogP contribution < -0.4 is 9.80 Å². The number of benzene rings is 1. The maximum absolute atomic E-state index is 14.6. The van der Waals surface area contributed by atoms with E-state index in [1.807, 2.05) is 31.2 Å². The van der Waals surface area contributed by atoms with Gasteiger partial charge in [-0.25, -0.2) is 0 Å². The zero-order valence-corrected chi connectivity index (χ0v) is 25.5. The van der Waals surface area contributed by atoms with Gasteiger partial charge in [0.15, 0.2) is 0 Å². The van der Waals surface area contributed by atoms with Crippen molar-refractivity contribution in [1.82, 2.24) is 4.90 Å². The molecule has 2 unspecified atom stereocenters. The van der Waals surface area contributed by atoms with Gasteiger partial charge in [-0.05, 0) is 77.1 Å². The minimum atomic E-state index is -0.751. The highest BCUT2D eigenvalue weighted by molar-refractivity contribution is 8.02. The van der Waals surface area contributed by atoms with Crippen molar-refractivity contribution in [3.8, 4) is 0 Å². The molecule has 3 aliphatic rings. The lowest BCUT2D eigenvalue weighted by Gasteiger charge is -2.37. The van der Waals surface area contributed by atoms with Crippen LogP contribution in [0, 0.1) is 11.8 Å². The van der Waals surface area contributed by atoms with E-state index in [2.05, 4.69) is 31.9 Å². The van der Waals surface area contributed by atoms with Gasteiger partial charge in [-0.2, -0.15) is 0 Å². The van der Waals surface area contributed by atoms with Crippen molar-refractivity contribution >= 4 is 40.9 Å². The molecule has 5 atom stereocenters. The number of likely N-dealkylation sites (tertiary alicyclic amines) is 1. The van der Waals surface area contributed by atoms with E-state index >= 15 is 0 Å². The van der Waals surface area contributed by atoms with Gasteiger partial charge in [0.1, 0.15) is 6.04 Å². The van der Waals surface area contributed by atoms with Crippen molar-refractivity contribution in [2.75, 3.05) is 49.2 Å². The topological polar surface area (TPSA) is 90.4 Å². The summed E-state index contributed by atoms with van der Waals surface area (Å²) in [6.07, 6.45) is 6.67. The Morgan fingerprint density at radius 1 is 1.12 bits per heavy atom. The van der Waals surface area contributed by atoms with Gasteiger partial charge >= 0.3 is 5.97 Å². The summed E-state index contributed by atoms with van der Waals surface area (Å²) in [6, 6.07) is 7.18. The minimum absolute atomic E-state index is 0.0921. The highest BCUT2D eigenvalue weighted by Crippen LogP contribution is 2.71. The molecule has 0 radical (unpaired) electrons. The highest BCUT2D eigenvalue weighted by atomic mass is 32.2. The van der Waals surface area contributed by atoms with E-state index in [4.69, 9.17) is 4.74 Å². The summed E-state index contributed by atoms with van der Waals surface area (Å²) in [4.78, 5) is 47.8. The molecule has 2 amide bonds. The van der Waals surface area contributed by atoms with Crippen LogP contribution in [0.2, 0.25) is 0 Å². The van der Waals surface area contributed by atoms with Crippen molar-refractivity contribution in [3.05, 3.63) is 49.6 Å². The molecule has 1 N–H and O–H groups in total. The molecule has 0 saturated carbocycles. The number of allylic oxidation sites excluding steroid dienone is 1. The summed E-state index contributed by atoms with van der Waals surface area (Å²) in [5.41, 5.74) is 1.82. The fourth-order valence-electron chi connectivity index (χ4n) is 7.07. The van der Waals surface area contributed by atoms with Crippen molar-refractivity contribution < 1.29 is 24.2 Å². The molecule has 1 spiro atoms. The van der Waals surface area contributed by atoms with Crippen LogP contribution in [0.3, 0.4) is 0 Å². The lowest BCUT2D eigenvalue weighted by Crippen LogP contribution is -2.55. The number of nitrogens with zero attached hydrogens (tertiary/aromatic N) is 3. The van der Waals surface area contributed by atoms with E-state index in [1.54, 1.807) is 33.7 Å². The predicted molar refractivity (Wildman–Crippen MR) is 165 cm³/mol. The standard InChI is InChI=1S/C32H45N3O5S/c1-6-10-11-22-40-30(39)26-25-28(37)35(20-12-21-36)27(32(25)18-17-31(26,5)41-32)29(38)34(19-7-2)24-15-13-23(14-16-24)33(8-3)9-4/h6-7,13-16,25-27,36H,1-2,8-12,17-22H2,3-5H3/t25-,26-,27?,31+,32?/m0/s1. The first-order valence-corrected chi connectivity index (χ1v) is 15.7. The highest BCUT2D eigenvalue weighted by Gasteiger charge is 2.77. The number of esters is 1. The van der Waals surface area contributed by atoms with Gasteiger partial charge < -0.3 is 24.5 Å². The predicted octanol–water partition coefficient (Wildman–Crippen LogP) is 4.42. The fourth-order valence-corrected chi connectivity index (χ4v) is 9.41. The van der Waals surface area contributed by atoms with Crippen molar-refractivity contribution in [2.45, 2.75) is 68.4 Å². The first-order valence-electron chi connectivity index (χ1n) is 14.9. The number of unbranched alkanes of at least 4 members (excludes halogenated alkanes) is 1. The Hall–Kier alpha value is -2.78. The number of rotatable bonds is 15. The first-order chi connectivity index (χ1) is 19.7. The number of anilines is 2. The molecule has 0 aliphatic carbocycles. The van der Waals surface area contributed by atoms with Crippen molar-refractivity contribution in [3.63, 3.8) is 0 Å². The second-order valence-corrected chi connectivity index (χ2v) is 13.3. The zero-order chi connectivity index (χ0) is 29.8. The number of fused-ring (bicyclic) bond motifs is 1. The molecule has 4 rings (SSSR count). The molecular formula is C32H45N3O5S. The molecule has 3 aliphatic heterocycles. The number of aliphatic hydroxyl groups is 1. The van der Waals surface area contributed by atoms with E-state index in [1.165, 1.54) is 0 Å². The molecule has 3 heterocycles. The van der Waals surface area contributed by atoms with E-state index in [0.29, 0.717) is 25.8 Å². The fraction of sp³-hybridized carbons (Fsp3) is 0.594. The number of amides is 2. The number of ether oxygens (including phenoxy) is 1. The summed E-state index contributed by atoms with van der Waals surface area (Å²) >= 11 is 1.63. The van der Waals surface area contributed by atoms with E-state index in [9.17, 15) is 19.5 Å². The Labute approximate surface area is 248 Å². The Morgan fingerprint density at radius 3 is 2.41 bits per heavy atom. The summed E-state index contributed by atoms with van der Waals surface area (Å²) in [5, 5.41) is 9.64. The first kappa shape index (κ1) is 31.2. The summed E-state index contributed by atoms with van der Waals surface area (Å²) in [6.45, 7) is 16.4. The van der Waals surface area contributed by atoms with Crippen LogP contribution in [0.15, 0.2) is 49.6 Å². The monoisotopic (exact) mass is 583 g/mol. The number of carbonyl (C=O) groups is 3. The molecular weight excluding hydrogens is 538 g/mol. The lowest BCUT2D eigenvalue weighted by molar-refractivity contribution is -0.155. The lowest BCUT2D eigenvalue weighted by atomic mass is 9.66. The second kappa shape index (κ2) is 13.0. The van der Waals surface area contributed by atoms with Gasteiger partial charge in [-0.3, -0.25) is 14.4 Å². The molecule has 8 nitrogen and oxygen atoms in total. The third kappa shape index (κ3) is 5.55. The molecule has 3 fully saturated rings. The van der Waals surface area contributed by atoms with Gasteiger partial charge in [0.05, 0.1) is 23.2 Å². The van der Waals surface area contributed by atoms with Crippen LogP contribution in [0.4, 0.5) is 11.4 Å². The minimum Gasteiger partial charge on any atom is -0.465 e. The van der Waals surface area contributed by atoms with Crippen LogP contribution >= 0.6 is 11.8 Å². The zero-order valence-electron chi connectivity index (χ0n) is 24.7. The molecule has 1 aromatic carbocycles. The molecule has 2 bridgehead atoms. The van der Waals surface area contributed by atoms with Crippen molar-refractivity contribution in [1.29, 1.82) is 0 Å². The van der Waals surface area contributed by atoms with Gasteiger partial charge in [0.25, 0.3) is 5.91 Å². The van der Waals surface area contributed by atoms with Crippen LogP contribution in [0.25, 0.3) is 0 Å². The van der Waals surface area contributed by atoms with Crippen molar-refractivity contribution in [2.24, 2.45) is 11.8 Å². The molecule has 9 heteroatoms. The average molecular weight is 584 g/mol. The average Bonchev–Trinajstić information content (AvgIpc) is 3.54. The molecule has 224 valence electrons. The Morgan fingerprint density at radius 2 is 1.80 bits per heavy atom. The van der Waals surface area contributed by atoms with Crippen LogP contribution in [-0.2, 0) is 19.1 Å². The number of carbonyl (C=O) groups excluding carboxylic acids is 3. The Bertz CT molecular complexity index is 1140. The smallest absolute Gasteiger partial charge is 0.311 e. The molecule has 3 saturated heterocycles. The van der Waals surface area contributed by atoms with Gasteiger partial charge in [0.2, 0.25) is 5.91 Å². The van der Waals surface area contributed by atoms with Crippen LogP contribution in [-0.4, -0.2) is 82.7 Å².